The first-order valence-electron chi connectivity index (χ1n) is 6.75. The largest absolute Gasteiger partial charge is 0.379 e. The Labute approximate surface area is 112 Å². The zero-order chi connectivity index (χ0) is 13.8. The molecule has 18 heavy (non-hydrogen) atoms. The molecule has 1 rings (SSSR count). The first kappa shape index (κ1) is 15.2. The zero-order valence-electron chi connectivity index (χ0n) is 12.6. The number of nitrogens with one attached hydrogen (secondary N) is 1. The fourth-order valence-corrected chi connectivity index (χ4v) is 2.33. The van der Waals surface area contributed by atoms with E-state index in [-0.39, 0.29) is 5.60 Å². The van der Waals surface area contributed by atoms with Crippen molar-refractivity contribution in [3.8, 4) is 0 Å². The molecule has 0 saturated heterocycles. The van der Waals surface area contributed by atoms with Crippen molar-refractivity contribution in [3.63, 3.8) is 0 Å². The predicted molar refractivity (Wildman–Crippen MR) is 78.0 cm³/mol. The van der Waals surface area contributed by atoms with E-state index in [4.69, 9.17) is 4.74 Å². The van der Waals surface area contributed by atoms with Gasteiger partial charge < -0.3 is 10.1 Å². The van der Waals surface area contributed by atoms with Crippen LogP contribution in [0.25, 0.3) is 0 Å². The molecule has 1 atom stereocenters. The Morgan fingerprint density at radius 2 is 1.94 bits per heavy atom. The van der Waals surface area contributed by atoms with E-state index in [1.54, 1.807) is 7.11 Å². The lowest BCUT2D eigenvalue weighted by molar-refractivity contribution is 0.00693. The summed E-state index contributed by atoms with van der Waals surface area (Å²) >= 11 is 0. The van der Waals surface area contributed by atoms with Gasteiger partial charge in [0.25, 0.3) is 0 Å². The van der Waals surface area contributed by atoms with Crippen LogP contribution in [0.1, 0.15) is 49.9 Å². The Morgan fingerprint density at radius 1 is 1.28 bits per heavy atom. The number of rotatable bonds is 6. The summed E-state index contributed by atoms with van der Waals surface area (Å²) in [6.07, 6.45) is 0.973. The van der Waals surface area contributed by atoms with Crippen LogP contribution in [-0.2, 0) is 4.74 Å². The fourth-order valence-electron chi connectivity index (χ4n) is 2.33. The van der Waals surface area contributed by atoms with E-state index in [0.717, 1.165) is 13.0 Å². The minimum absolute atomic E-state index is 0.107. The van der Waals surface area contributed by atoms with Crippen LogP contribution in [0.5, 0.6) is 0 Å². The molecule has 1 aromatic carbocycles. The first-order chi connectivity index (χ1) is 8.39. The number of hydrogen-bond donors (Lipinski definition) is 1. The quantitative estimate of drug-likeness (QED) is 0.828. The monoisotopic (exact) mass is 249 g/mol. The van der Waals surface area contributed by atoms with Gasteiger partial charge >= 0.3 is 0 Å². The summed E-state index contributed by atoms with van der Waals surface area (Å²) in [5.41, 5.74) is 3.95. The van der Waals surface area contributed by atoms with Gasteiger partial charge in [-0.2, -0.15) is 0 Å². The Hall–Kier alpha value is -0.860. The van der Waals surface area contributed by atoms with E-state index in [9.17, 15) is 0 Å². The van der Waals surface area contributed by atoms with Gasteiger partial charge in [-0.3, -0.25) is 0 Å². The molecule has 0 radical (unpaired) electrons. The summed E-state index contributed by atoms with van der Waals surface area (Å²) in [6.45, 7) is 11.7. The number of hydrogen-bond acceptors (Lipinski definition) is 2. The van der Waals surface area contributed by atoms with Gasteiger partial charge in [0.15, 0.2) is 0 Å². The van der Waals surface area contributed by atoms with Crippen LogP contribution in [-0.4, -0.2) is 19.3 Å². The molecule has 2 heteroatoms. The van der Waals surface area contributed by atoms with Gasteiger partial charge in [-0.25, -0.2) is 0 Å². The Morgan fingerprint density at radius 3 is 2.44 bits per heavy atom. The third-order valence-corrected chi connectivity index (χ3v) is 3.50. The number of aryl methyl sites for hydroxylation is 2. The normalized spacial score (nSPS) is 13.7. The molecule has 0 spiro atoms. The highest BCUT2D eigenvalue weighted by Gasteiger charge is 2.24. The van der Waals surface area contributed by atoms with Crippen molar-refractivity contribution in [2.24, 2.45) is 0 Å². The maximum atomic E-state index is 5.56. The summed E-state index contributed by atoms with van der Waals surface area (Å²) in [5, 5.41) is 3.57. The van der Waals surface area contributed by atoms with Crippen LogP contribution >= 0.6 is 0 Å². The van der Waals surface area contributed by atoms with Crippen molar-refractivity contribution >= 4 is 0 Å². The molecular formula is C16H27NO. The Bertz CT molecular complexity index is 385. The molecule has 0 aliphatic rings. The highest BCUT2D eigenvalue weighted by Crippen LogP contribution is 2.28. The third kappa shape index (κ3) is 4.11. The van der Waals surface area contributed by atoms with Crippen LogP contribution in [0.15, 0.2) is 18.2 Å². The summed E-state index contributed by atoms with van der Waals surface area (Å²) < 4.78 is 5.56. The zero-order valence-corrected chi connectivity index (χ0v) is 12.6. The molecule has 1 N–H and O–H groups in total. The molecule has 0 fully saturated rings. The van der Waals surface area contributed by atoms with Gasteiger partial charge in [-0.1, -0.05) is 30.7 Å². The van der Waals surface area contributed by atoms with Crippen LogP contribution in [0.3, 0.4) is 0 Å². The lowest BCUT2D eigenvalue weighted by Gasteiger charge is -2.30. The van der Waals surface area contributed by atoms with Crippen molar-refractivity contribution in [2.75, 3.05) is 13.7 Å². The molecule has 0 amide bonds. The molecule has 1 aromatic rings. The molecule has 0 bridgehead atoms. The van der Waals surface area contributed by atoms with Crippen molar-refractivity contribution in [1.29, 1.82) is 0 Å². The average molecular weight is 249 g/mol. The van der Waals surface area contributed by atoms with E-state index in [2.05, 4.69) is 58.1 Å². The number of ether oxygens (including phenoxy) is 1. The maximum absolute atomic E-state index is 5.56. The first-order valence-corrected chi connectivity index (χ1v) is 6.75. The minimum atomic E-state index is -0.107. The molecule has 2 nitrogen and oxygen atoms in total. The molecular weight excluding hydrogens is 222 g/mol. The number of methoxy groups -OCH3 is 1. The van der Waals surface area contributed by atoms with Crippen molar-refractivity contribution in [2.45, 2.75) is 52.7 Å². The lowest BCUT2D eigenvalue weighted by atomic mass is 9.90. The molecule has 0 aliphatic carbocycles. The van der Waals surface area contributed by atoms with Gasteiger partial charge in [-0.15, -0.1) is 0 Å². The summed E-state index contributed by atoms with van der Waals surface area (Å²) in [5.74, 6) is 0. The van der Waals surface area contributed by atoms with E-state index in [0.29, 0.717) is 6.04 Å². The van der Waals surface area contributed by atoms with Crippen molar-refractivity contribution in [3.05, 3.63) is 34.9 Å². The lowest BCUT2D eigenvalue weighted by Crippen LogP contribution is -2.32. The maximum Gasteiger partial charge on any atom is 0.0640 e. The fraction of sp³-hybridized carbons (Fsp3) is 0.625. The molecule has 0 heterocycles. The molecule has 0 saturated carbocycles. The second kappa shape index (κ2) is 6.35. The second-order valence-electron chi connectivity index (χ2n) is 5.64. The van der Waals surface area contributed by atoms with Crippen LogP contribution in [0.4, 0.5) is 0 Å². The van der Waals surface area contributed by atoms with E-state index < -0.39 is 0 Å². The van der Waals surface area contributed by atoms with Gasteiger partial charge in [0, 0.05) is 13.2 Å². The smallest absolute Gasteiger partial charge is 0.0640 e. The summed E-state index contributed by atoms with van der Waals surface area (Å²) in [4.78, 5) is 0. The predicted octanol–water partition coefficient (Wildman–Crippen LogP) is 3.77. The van der Waals surface area contributed by atoms with Gasteiger partial charge in [0.05, 0.1) is 5.60 Å². The van der Waals surface area contributed by atoms with Crippen LogP contribution in [0, 0.1) is 13.8 Å². The van der Waals surface area contributed by atoms with Gasteiger partial charge in [-0.05, 0) is 51.8 Å². The highest BCUT2D eigenvalue weighted by molar-refractivity contribution is 5.33. The molecule has 1 unspecified atom stereocenters. The minimum Gasteiger partial charge on any atom is -0.379 e. The number of benzene rings is 1. The van der Waals surface area contributed by atoms with Gasteiger partial charge in [0.1, 0.15) is 0 Å². The highest BCUT2D eigenvalue weighted by atomic mass is 16.5. The summed E-state index contributed by atoms with van der Waals surface area (Å²) in [6, 6.07) is 7.03. The Balaban J connectivity index is 2.97. The summed E-state index contributed by atoms with van der Waals surface area (Å²) in [7, 11) is 1.78. The second-order valence-corrected chi connectivity index (χ2v) is 5.64. The average Bonchev–Trinajstić information content (AvgIpc) is 2.28. The van der Waals surface area contributed by atoms with Crippen molar-refractivity contribution < 1.29 is 4.74 Å². The molecule has 102 valence electrons. The standard InChI is InChI=1S/C16H27NO/c1-7-17-15(11-16(4,5)18-6)14-9-8-12(2)10-13(14)3/h8-10,15,17H,7,11H2,1-6H3. The van der Waals surface area contributed by atoms with Crippen molar-refractivity contribution in [1.82, 2.24) is 5.32 Å². The Kier molecular flexibility index (Phi) is 5.36. The SMILES string of the molecule is CCNC(CC(C)(C)OC)c1ccc(C)cc1C. The van der Waals surface area contributed by atoms with Crippen LogP contribution in [0.2, 0.25) is 0 Å². The van der Waals surface area contributed by atoms with Crippen LogP contribution < -0.4 is 5.32 Å². The molecule has 0 aliphatic heterocycles. The van der Waals surface area contributed by atoms with E-state index in [1.807, 2.05) is 0 Å². The van der Waals surface area contributed by atoms with E-state index in [1.165, 1.54) is 16.7 Å². The van der Waals surface area contributed by atoms with Gasteiger partial charge in [0.2, 0.25) is 0 Å². The topological polar surface area (TPSA) is 21.3 Å². The van der Waals surface area contributed by atoms with E-state index >= 15 is 0 Å². The molecule has 0 aromatic heterocycles. The third-order valence-electron chi connectivity index (χ3n) is 3.50.